The molecule has 1 N–H and O–H groups in total. The molecule has 0 bridgehead atoms. The normalized spacial score (nSPS) is 15.9. The van der Waals surface area contributed by atoms with Crippen LogP contribution in [0.4, 0.5) is 5.69 Å². The van der Waals surface area contributed by atoms with E-state index in [9.17, 15) is 9.59 Å². The fraction of sp³-hybridized carbons (Fsp3) is 0.462. The molecule has 0 saturated carbocycles. The lowest BCUT2D eigenvalue weighted by Gasteiger charge is -2.27. The maximum Gasteiger partial charge on any atom is 0.240 e. The summed E-state index contributed by atoms with van der Waals surface area (Å²) in [5.74, 6) is 0.148. The first-order valence-electron chi connectivity index (χ1n) is 6.29. The van der Waals surface area contributed by atoms with Crippen LogP contribution in [0.1, 0.15) is 20.3 Å². The van der Waals surface area contributed by atoms with E-state index >= 15 is 0 Å². The van der Waals surface area contributed by atoms with Gasteiger partial charge >= 0.3 is 0 Å². The first kappa shape index (κ1) is 13.9. The zero-order valence-electron chi connectivity index (χ0n) is 11.0. The molecule has 2 heterocycles. The molecule has 1 aliphatic heterocycles. The Balaban J connectivity index is 2.11. The second-order valence-electron chi connectivity index (χ2n) is 4.47. The lowest BCUT2D eigenvalue weighted by molar-refractivity contribution is -0.123. The molecule has 0 fully saturated rings. The summed E-state index contributed by atoms with van der Waals surface area (Å²) < 4.78 is 0. The number of carbonyl (C=O) groups is 2. The predicted molar refractivity (Wildman–Crippen MR) is 75.2 cm³/mol. The minimum absolute atomic E-state index is 0.0511. The number of pyridine rings is 1. The zero-order chi connectivity index (χ0) is 13.8. The van der Waals surface area contributed by atoms with E-state index in [1.54, 1.807) is 12.3 Å². The van der Waals surface area contributed by atoms with Crippen LogP contribution in [-0.2, 0) is 9.59 Å². The number of rotatable bonds is 4. The molecule has 6 heteroatoms. The third-order valence-corrected chi connectivity index (χ3v) is 3.98. The molecular weight excluding hydrogens is 262 g/mol. The number of fused-ring (bicyclic) bond motifs is 1. The summed E-state index contributed by atoms with van der Waals surface area (Å²) in [5.41, 5.74) is 0.725. The Morgan fingerprint density at radius 2 is 2.42 bits per heavy atom. The van der Waals surface area contributed by atoms with Crippen LogP contribution in [0.25, 0.3) is 0 Å². The molecular formula is C13H17N3O2S. The van der Waals surface area contributed by atoms with E-state index in [1.807, 2.05) is 19.9 Å². The number of amides is 2. The summed E-state index contributed by atoms with van der Waals surface area (Å²) in [6, 6.07) is 3.72. The first-order valence-corrected chi connectivity index (χ1v) is 7.28. The summed E-state index contributed by atoms with van der Waals surface area (Å²) in [6.07, 6.45) is 2.56. The molecule has 2 amide bonds. The van der Waals surface area contributed by atoms with Crippen molar-refractivity contribution in [2.75, 3.05) is 17.2 Å². The number of thioether (sulfide) groups is 1. The van der Waals surface area contributed by atoms with Crippen molar-refractivity contribution >= 4 is 29.3 Å². The summed E-state index contributed by atoms with van der Waals surface area (Å²) >= 11 is 1.41. The van der Waals surface area contributed by atoms with Gasteiger partial charge in [-0.2, -0.15) is 0 Å². The van der Waals surface area contributed by atoms with E-state index in [4.69, 9.17) is 0 Å². The van der Waals surface area contributed by atoms with Gasteiger partial charge in [0.15, 0.2) is 0 Å². The average molecular weight is 279 g/mol. The second-order valence-corrected chi connectivity index (χ2v) is 5.44. The number of nitrogens with one attached hydrogen (secondary N) is 1. The standard InChI is InChI=1S/C13H17N3O2S/c1-3-9(2)15-11(17)7-16-10-5-4-6-14-13(10)19-8-12(16)18/h4-6,9H,3,7-8H2,1-2H3,(H,15,17)/t9-/m1/s1. The molecule has 0 aromatic carbocycles. The largest absolute Gasteiger partial charge is 0.352 e. The van der Waals surface area contributed by atoms with Crippen molar-refractivity contribution in [2.45, 2.75) is 31.3 Å². The Morgan fingerprint density at radius 3 is 3.16 bits per heavy atom. The highest BCUT2D eigenvalue weighted by Gasteiger charge is 2.27. The molecule has 0 saturated heterocycles. The van der Waals surface area contributed by atoms with Crippen molar-refractivity contribution in [1.82, 2.24) is 10.3 Å². The molecule has 102 valence electrons. The van der Waals surface area contributed by atoms with E-state index in [-0.39, 0.29) is 24.4 Å². The summed E-state index contributed by atoms with van der Waals surface area (Å²) in [4.78, 5) is 29.6. The molecule has 1 aliphatic rings. The number of hydrogen-bond donors (Lipinski definition) is 1. The van der Waals surface area contributed by atoms with Gasteiger partial charge in [0.2, 0.25) is 11.8 Å². The molecule has 2 rings (SSSR count). The highest BCUT2D eigenvalue weighted by molar-refractivity contribution is 8.00. The van der Waals surface area contributed by atoms with Crippen LogP contribution in [0, 0.1) is 0 Å². The van der Waals surface area contributed by atoms with Crippen LogP contribution in [-0.4, -0.2) is 35.1 Å². The lowest BCUT2D eigenvalue weighted by Crippen LogP contribution is -2.45. The van der Waals surface area contributed by atoms with E-state index in [0.717, 1.165) is 17.1 Å². The van der Waals surface area contributed by atoms with Crippen molar-refractivity contribution in [3.8, 4) is 0 Å². The van der Waals surface area contributed by atoms with Gasteiger partial charge in [-0.15, -0.1) is 0 Å². The Bertz CT molecular complexity index is 493. The van der Waals surface area contributed by atoms with Crippen LogP contribution in [0.5, 0.6) is 0 Å². The lowest BCUT2D eigenvalue weighted by atomic mass is 10.2. The van der Waals surface area contributed by atoms with Crippen molar-refractivity contribution in [1.29, 1.82) is 0 Å². The van der Waals surface area contributed by atoms with E-state index in [0.29, 0.717) is 5.75 Å². The van der Waals surface area contributed by atoms with Crippen LogP contribution >= 0.6 is 11.8 Å². The quantitative estimate of drug-likeness (QED) is 0.906. The topological polar surface area (TPSA) is 62.3 Å². The first-order chi connectivity index (χ1) is 9.11. The van der Waals surface area contributed by atoms with Crippen molar-refractivity contribution in [3.63, 3.8) is 0 Å². The monoisotopic (exact) mass is 279 g/mol. The molecule has 5 nitrogen and oxygen atoms in total. The smallest absolute Gasteiger partial charge is 0.240 e. The van der Waals surface area contributed by atoms with Gasteiger partial charge in [-0.25, -0.2) is 4.98 Å². The minimum atomic E-state index is -0.135. The molecule has 0 radical (unpaired) electrons. The highest BCUT2D eigenvalue weighted by Crippen LogP contribution is 2.32. The van der Waals surface area contributed by atoms with Crippen molar-refractivity contribution in [3.05, 3.63) is 18.3 Å². The van der Waals surface area contributed by atoms with Gasteiger partial charge in [-0.3, -0.25) is 14.5 Å². The fourth-order valence-corrected chi connectivity index (χ4v) is 2.66. The van der Waals surface area contributed by atoms with Gasteiger partial charge in [-0.05, 0) is 25.5 Å². The van der Waals surface area contributed by atoms with Crippen LogP contribution in [0.15, 0.2) is 23.4 Å². The number of carbonyl (C=O) groups excluding carboxylic acids is 2. The maximum absolute atomic E-state index is 11.9. The van der Waals surface area contributed by atoms with Crippen molar-refractivity contribution < 1.29 is 9.59 Å². The number of hydrogen-bond acceptors (Lipinski definition) is 4. The SMILES string of the molecule is CC[C@@H](C)NC(=O)CN1C(=O)CSc2ncccc21. The van der Waals surface area contributed by atoms with Crippen LogP contribution in [0.3, 0.4) is 0 Å². The summed E-state index contributed by atoms with van der Waals surface area (Å²) in [5, 5.41) is 3.67. The Morgan fingerprint density at radius 1 is 1.63 bits per heavy atom. The van der Waals surface area contributed by atoms with Gasteiger partial charge in [0.1, 0.15) is 11.6 Å². The Labute approximate surface area is 116 Å². The molecule has 1 aromatic rings. The molecule has 1 atom stereocenters. The molecule has 19 heavy (non-hydrogen) atoms. The maximum atomic E-state index is 11.9. The number of nitrogens with zero attached hydrogens (tertiary/aromatic N) is 2. The van der Waals surface area contributed by atoms with Crippen LogP contribution < -0.4 is 10.2 Å². The highest BCUT2D eigenvalue weighted by atomic mass is 32.2. The Hall–Kier alpha value is -1.56. The molecule has 0 unspecified atom stereocenters. The third kappa shape index (κ3) is 3.26. The average Bonchev–Trinajstić information content (AvgIpc) is 2.42. The van der Waals surface area contributed by atoms with E-state index < -0.39 is 0 Å². The van der Waals surface area contributed by atoms with Gasteiger partial charge in [0.05, 0.1) is 11.4 Å². The molecule has 0 spiro atoms. The second kappa shape index (κ2) is 6.06. The zero-order valence-corrected chi connectivity index (χ0v) is 11.9. The number of anilines is 1. The molecule has 1 aromatic heterocycles. The summed E-state index contributed by atoms with van der Waals surface area (Å²) in [7, 11) is 0. The van der Waals surface area contributed by atoms with E-state index in [1.165, 1.54) is 16.7 Å². The third-order valence-electron chi connectivity index (χ3n) is 3.00. The van der Waals surface area contributed by atoms with Gasteiger partial charge in [-0.1, -0.05) is 18.7 Å². The van der Waals surface area contributed by atoms with Gasteiger partial charge in [0.25, 0.3) is 0 Å². The Kier molecular flexibility index (Phi) is 4.42. The minimum Gasteiger partial charge on any atom is -0.352 e. The molecule has 0 aliphatic carbocycles. The van der Waals surface area contributed by atoms with Crippen LogP contribution in [0.2, 0.25) is 0 Å². The summed E-state index contributed by atoms with van der Waals surface area (Å²) in [6.45, 7) is 4.01. The number of aromatic nitrogens is 1. The fourth-order valence-electron chi connectivity index (χ4n) is 1.78. The van der Waals surface area contributed by atoms with Gasteiger partial charge < -0.3 is 5.32 Å². The van der Waals surface area contributed by atoms with E-state index in [2.05, 4.69) is 10.3 Å². The van der Waals surface area contributed by atoms with Crippen molar-refractivity contribution in [2.24, 2.45) is 0 Å². The van der Waals surface area contributed by atoms with Gasteiger partial charge in [0, 0.05) is 12.2 Å². The predicted octanol–water partition coefficient (Wildman–Crippen LogP) is 1.43.